The number of aliphatic hydroxyl groups excluding tert-OH is 2. The molecule has 2 rings (SSSR count). The Balaban J connectivity index is 1.96. The van der Waals surface area contributed by atoms with Crippen LogP contribution < -0.4 is 0 Å². The molecule has 0 spiro atoms. The van der Waals surface area contributed by atoms with E-state index in [1.54, 1.807) is 4.90 Å². The van der Waals surface area contributed by atoms with Gasteiger partial charge in [-0.3, -0.25) is 0 Å². The zero-order valence-electron chi connectivity index (χ0n) is 12.1. The van der Waals surface area contributed by atoms with Gasteiger partial charge in [-0.1, -0.05) is 30.3 Å². The number of hydrogen-bond donors (Lipinski definition) is 2. The van der Waals surface area contributed by atoms with Crippen LogP contribution in [0.4, 0.5) is 4.79 Å². The van der Waals surface area contributed by atoms with Crippen molar-refractivity contribution in [2.24, 2.45) is 0 Å². The first-order chi connectivity index (χ1) is 10.3. The zero-order chi connectivity index (χ0) is 15.1. The van der Waals surface area contributed by atoms with Gasteiger partial charge in [0.25, 0.3) is 0 Å². The van der Waals surface area contributed by atoms with E-state index in [2.05, 4.69) is 0 Å². The van der Waals surface area contributed by atoms with E-state index in [0.29, 0.717) is 12.8 Å². The van der Waals surface area contributed by atoms with Gasteiger partial charge in [0.15, 0.2) is 0 Å². The van der Waals surface area contributed by atoms with Gasteiger partial charge in [0.05, 0.1) is 0 Å². The highest BCUT2D eigenvalue weighted by Crippen LogP contribution is 2.29. The number of aliphatic hydroxyl groups is 2. The monoisotopic (exact) mass is 293 g/mol. The van der Waals surface area contributed by atoms with Gasteiger partial charge >= 0.3 is 6.09 Å². The molecule has 0 radical (unpaired) electrons. The van der Waals surface area contributed by atoms with E-state index in [4.69, 9.17) is 14.9 Å². The largest absolute Gasteiger partial charge is 0.445 e. The second kappa shape index (κ2) is 8.00. The highest BCUT2D eigenvalue weighted by Gasteiger charge is 2.37. The van der Waals surface area contributed by atoms with Crippen LogP contribution in [0.2, 0.25) is 0 Å². The van der Waals surface area contributed by atoms with Gasteiger partial charge in [-0.15, -0.1) is 0 Å². The van der Waals surface area contributed by atoms with E-state index in [1.807, 2.05) is 30.3 Å². The topological polar surface area (TPSA) is 70.0 Å². The molecule has 1 saturated heterocycles. The standard InChI is InChI=1S/C16H23NO4/c18-10-8-14-6-7-15(9-11-19)17(14)16(20)21-12-13-4-2-1-3-5-13/h1-5,14-15,18-19H,6-12H2/t14-,15+. The first-order valence-electron chi connectivity index (χ1n) is 7.47. The van der Waals surface area contributed by atoms with Crippen molar-refractivity contribution < 1.29 is 19.7 Å². The predicted molar refractivity (Wildman–Crippen MR) is 78.7 cm³/mol. The van der Waals surface area contributed by atoms with Gasteiger partial charge in [0, 0.05) is 25.3 Å². The maximum Gasteiger partial charge on any atom is 0.410 e. The molecule has 1 amide bonds. The Bertz CT molecular complexity index is 423. The maximum absolute atomic E-state index is 12.3. The highest BCUT2D eigenvalue weighted by atomic mass is 16.6. The summed E-state index contributed by atoms with van der Waals surface area (Å²) in [6, 6.07) is 9.57. The second-order valence-corrected chi connectivity index (χ2v) is 5.36. The van der Waals surface area contributed by atoms with Crippen LogP contribution in [0.5, 0.6) is 0 Å². The summed E-state index contributed by atoms with van der Waals surface area (Å²) in [5.74, 6) is 0. The van der Waals surface area contributed by atoms with Gasteiger partial charge in [0.1, 0.15) is 6.61 Å². The Morgan fingerprint density at radius 3 is 2.19 bits per heavy atom. The molecular formula is C16H23NO4. The van der Waals surface area contributed by atoms with Crippen molar-refractivity contribution in [2.45, 2.75) is 44.4 Å². The molecule has 2 atom stereocenters. The normalized spacial score (nSPS) is 21.5. The smallest absolute Gasteiger partial charge is 0.410 e. The van der Waals surface area contributed by atoms with Crippen LogP contribution in [0.15, 0.2) is 30.3 Å². The Labute approximate surface area is 125 Å². The number of benzene rings is 1. The fourth-order valence-corrected chi connectivity index (χ4v) is 2.92. The van der Waals surface area contributed by atoms with Crippen LogP contribution >= 0.6 is 0 Å². The molecule has 21 heavy (non-hydrogen) atoms. The van der Waals surface area contributed by atoms with Gasteiger partial charge in [0.2, 0.25) is 0 Å². The fraction of sp³-hybridized carbons (Fsp3) is 0.562. The van der Waals surface area contributed by atoms with E-state index >= 15 is 0 Å². The number of likely N-dealkylation sites (tertiary alicyclic amines) is 1. The SMILES string of the molecule is O=C(OCc1ccccc1)N1[C@H](CCO)CC[C@@H]1CCO. The molecule has 0 unspecified atom stereocenters. The summed E-state index contributed by atoms with van der Waals surface area (Å²) in [6.45, 7) is 0.353. The first-order valence-corrected chi connectivity index (χ1v) is 7.47. The average molecular weight is 293 g/mol. The molecule has 1 heterocycles. The van der Waals surface area contributed by atoms with Gasteiger partial charge in [-0.2, -0.15) is 0 Å². The lowest BCUT2D eigenvalue weighted by molar-refractivity contribution is 0.0685. The number of rotatable bonds is 6. The summed E-state index contributed by atoms with van der Waals surface area (Å²) >= 11 is 0. The molecule has 5 heteroatoms. The van der Waals surface area contributed by atoms with Crippen molar-refractivity contribution >= 4 is 6.09 Å². The van der Waals surface area contributed by atoms with Crippen LogP contribution in [0.1, 0.15) is 31.2 Å². The molecule has 1 fully saturated rings. The summed E-state index contributed by atoms with van der Waals surface area (Å²) in [6.07, 6.45) is 2.47. The Morgan fingerprint density at radius 1 is 1.10 bits per heavy atom. The molecule has 0 aliphatic carbocycles. The molecule has 0 bridgehead atoms. The van der Waals surface area contributed by atoms with Crippen molar-refractivity contribution in [2.75, 3.05) is 13.2 Å². The third-order valence-corrected chi connectivity index (χ3v) is 3.96. The van der Waals surface area contributed by atoms with Crippen LogP contribution in [-0.4, -0.2) is 46.5 Å². The van der Waals surface area contributed by atoms with E-state index in [-0.39, 0.29) is 38.0 Å². The van der Waals surface area contributed by atoms with E-state index in [0.717, 1.165) is 18.4 Å². The summed E-state index contributed by atoms with van der Waals surface area (Å²) in [4.78, 5) is 14.0. The fourth-order valence-electron chi connectivity index (χ4n) is 2.92. The second-order valence-electron chi connectivity index (χ2n) is 5.36. The minimum absolute atomic E-state index is 0.00910. The van der Waals surface area contributed by atoms with Crippen LogP contribution in [0, 0.1) is 0 Å². The molecule has 1 aromatic rings. The third-order valence-electron chi connectivity index (χ3n) is 3.96. The lowest BCUT2D eigenvalue weighted by Crippen LogP contribution is -2.42. The average Bonchev–Trinajstić information content (AvgIpc) is 2.89. The van der Waals surface area contributed by atoms with Crippen LogP contribution in [-0.2, 0) is 11.3 Å². The summed E-state index contributed by atoms with van der Waals surface area (Å²) in [5.41, 5.74) is 0.947. The number of carbonyl (C=O) groups excluding carboxylic acids is 1. The highest BCUT2D eigenvalue weighted by molar-refractivity contribution is 5.69. The van der Waals surface area contributed by atoms with Crippen molar-refractivity contribution in [3.63, 3.8) is 0 Å². The third kappa shape index (κ3) is 4.19. The van der Waals surface area contributed by atoms with E-state index in [1.165, 1.54) is 0 Å². The summed E-state index contributed by atoms with van der Waals surface area (Å²) in [5, 5.41) is 18.2. The molecule has 2 N–H and O–H groups in total. The number of ether oxygens (including phenoxy) is 1. The molecular weight excluding hydrogens is 270 g/mol. The maximum atomic E-state index is 12.3. The molecule has 1 aromatic carbocycles. The number of carbonyl (C=O) groups is 1. The van der Waals surface area contributed by atoms with Crippen LogP contribution in [0.3, 0.4) is 0 Å². The van der Waals surface area contributed by atoms with E-state index < -0.39 is 0 Å². The molecule has 0 saturated carbocycles. The quantitative estimate of drug-likeness (QED) is 0.840. The molecule has 116 valence electrons. The Kier molecular flexibility index (Phi) is 6.02. The number of hydrogen-bond acceptors (Lipinski definition) is 4. The van der Waals surface area contributed by atoms with Crippen LogP contribution in [0.25, 0.3) is 0 Å². The van der Waals surface area contributed by atoms with Gasteiger partial charge < -0.3 is 19.8 Å². The zero-order valence-corrected chi connectivity index (χ0v) is 12.1. The predicted octanol–water partition coefficient (Wildman–Crippen LogP) is 1.92. The van der Waals surface area contributed by atoms with Crippen molar-refractivity contribution in [1.82, 2.24) is 4.90 Å². The first kappa shape index (κ1) is 15.8. The van der Waals surface area contributed by atoms with E-state index in [9.17, 15) is 4.79 Å². The summed E-state index contributed by atoms with van der Waals surface area (Å²) < 4.78 is 5.39. The number of nitrogens with zero attached hydrogens (tertiary/aromatic N) is 1. The van der Waals surface area contributed by atoms with Gasteiger partial charge in [-0.05, 0) is 31.2 Å². The molecule has 5 nitrogen and oxygen atoms in total. The number of amides is 1. The lowest BCUT2D eigenvalue weighted by Gasteiger charge is -2.29. The summed E-state index contributed by atoms with van der Waals surface area (Å²) in [7, 11) is 0. The Morgan fingerprint density at radius 2 is 1.67 bits per heavy atom. The van der Waals surface area contributed by atoms with Gasteiger partial charge in [-0.25, -0.2) is 4.79 Å². The Hall–Kier alpha value is -1.59. The molecule has 1 aliphatic rings. The van der Waals surface area contributed by atoms with Crippen molar-refractivity contribution in [3.05, 3.63) is 35.9 Å². The minimum atomic E-state index is -0.353. The molecule has 0 aromatic heterocycles. The van der Waals surface area contributed by atoms with Crippen molar-refractivity contribution in [3.8, 4) is 0 Å². The molecule has 1 aliphatic heterocycles. The minimum Gasteiger partial charge on any atom is -0.445 e. The van der Waals surface area contributed by atoms with Crippen molar-refractivity contribution in [1.29, 1.82) is 0 Å². The lowest BCUT2D eigenvalue weighted by atomic mass is 10.1.